The van der Waals surface area contributed by atoms with Crippen LogP contribution in [0.1, 0.15) is 44.1 Å². The van der Waals surface area contributed by atoms with Gasteiger partial charge in [-0.1, -0.05) is 12.8 Å². The highest BCUT2D eigenvalue weighted by molar-refractivity contribution is 5.63. The minimum atomic E-state index is -0.450. The van der Waals surface area contributed by atoms with Crippen LogP contribution in [0.25, 0.3) is 0 Å². The molecule has 0 unspecified atom stereocenters. The fraction of sp³-hybridized carbons (Fsp3) is 0.562. The lowest BCUT2D eigenvalue weighted by molar-refractivity contribution is -0.384. The number of hydrogen-bond acceptors (Lipinski definition) is 4. The first-order valence-corrected chi connectivity index (χ1v) is 7.57. The van der Waals surface area contributed by atoms with Gasteiger partial charge in [-0.25, -0.2) is 0 Å². The third-order valence-electron chi connectivity index (χ3n) is 5.14. The molecule has 1 saturated heterocycles. The Morgan fingerprint density at radius 3 is 2.43 bits per heavy atom. The van der Waals surface area contributed by atoms with Gasteiger partial charge in [0.1, 0.15) is 6.07 Å². The SMILES string of the molecule is N#Cc1cc([N+](=O)[O-])ccc1N1CCC2(CCCC2)CC1. The summed E-state index contributed by atoms with van der Waals surface area (Å²) < 4.78 is 0. The molecule has 5 nitrogen and oxygen atoms in total. The van der Waals surface area contributed by atoms with Crippen molar-refractivity contribution in [2.45, 2.75) is 38.5 Å². The molecule has 110 valence electrons. The van der Waals surface area contributed by atoms with Crippen LogP contribution in [0.4, 0.5) is 11.4 Å². The molecule has 2 aliphatic rings. The molecule has 0 bridgehead atoms. The Hall–Kier alpha value is -2.09. The minimum absolute atomic E-state index is 0.0143. The number of piperidine rings is 1. The first kappa shape index (κ1) is 13.9. The second-order valence-electron chi connectivity index (χ2n) is 6.26. The van der Waals surface area contributed by atoms with E-state index in [-0.39, 0.29) is 5.69 Å². The lowest BCUT2D eigenvalue weighted by Crippen LogP contribution is -2.39. The standard InChI is InChI=1S/C16H19N3O2/c17-12-13-11-14(19(20)21)3-4-15(13)18-9-7-16(8-10-18)5-1-2-6-16/h3-4,11H,1-2,5-10H2. The van der Waals surface area contributed by atoms with Gasteiger partial charge in [0.05, 0.1) is 16.2 Å². The van der Waals surface area contributed by atoms with Crippen LogP contribution in [-0.4, -0.2) is 18.0 Å². The van der Waals surface area contributed by atoms with E-state index in [9.17, 15) is 15.4 Å². The van der Waals surface area contributed by atoms with E-state index in [0.29, 0.717) is 11.0 Å². The van der Waals surface area contributed by atoms with Crippen molar-refractivity contribution in [1.29, 1.82) is 5.26 Å². The Bertz CT molecular complexity index is 590. The number of nitro groups is 1. The van der Waals surface area contributed by atoms with E-state index in [1.807, 2.05) is 0 Å². The van der Waals surface area contributed by atoms with Crippen molar-refractivity contribution in [3.63, 3.8) is 0 Å². The summed E-state index contributed by atoms with van der Waals surface area (Å²) in [6, 6.07) is 6.71. The molecule has 3 rings (SSSR count). The van der Waals surface area contributed by atoms with Gasteiger partial charge in [0.25, 0.3) is 5.69 Å². The zero-order valence-electron chi connectivity index (χ0n) is 12.0. The predicted octanol–water partition coefficient (Wildman–Crippen LogP) is 3.63. The van der Waals surface area contributed by atoms with Crippen LogP contribution in [0.3, 0.4) is 0 Å². The molecule has 0 aromatic heterocycles. The fourth-order valence-electron chi connectivity index (χ4n) is 3.85. The first-order valence-electron chi connectivity index (χ1n) is 7.57. The molecule has 5 heteroatoms. The maximum absolute atomic E-state index is 10.8. The smallest absolute Gasteiger partial charge is 0.270 e. The molecule has 0 amide bonds. The number of benzene rings is 1. The van der Waals surface area contributed by atoms with Crippen LogP contribution in [0.15, 0.2) is 18.2 Å². The maximum Gasteiger partial charge on any atom is 0.270 e. The summed E-state index contributed by atoms with van der Waals surface area (Å²) in [5.74, 6) is 0. The molecule has 1 spiro atoms. The van der Waals surface area contributed by atoms with Gasteiger partial charge >= 0.3 is 0 Å². The lowest BCUT2D eigenvalue weighted by Gasteiger charge is -2.40. The van der Waals surface area contributed by atoms with E-state index < -0.39 is 4.92 Å². The van der Waals surface area contributed by atoms with Gasteiger partial charge in [-0.2, -0.15) is 5.26 Å². The quantitative estimate of drug-likeness (QED) is 0.614. The largest absolute Gasteiger partial charge is 0.370 e. The fourth-order valence-corrected chi connectivity index (χ4v) is 3.85. The number of nitro benzene ring substituents is 1. The van der Waals surface area contributed by atoms with Gasteiger partial charge in [-0.15, -0.1) is 0 Å². The van der Waals surface area contributed by atoms with Gasteiger partial charge in [0.2, 0.25) is 0 Å². The van der Waals surface area contributed by atoms with E-state index >= 15 is 0 Å². The molecule has 1 aromatic rings. The monoisotopic (exact) mass is 285 g/mol. The number of nitriles is 1. The molecule has 1 aromatic carbocycles. The van der Waals surface area contributed by atoms with E-state index in [4.69, 9.17) is 0 Å². The summed E-state index contributed by atoms with van der Waals surface area (Å²) in [6.45, 7) is 1.90. The van der Waals surface area contributed by atoms with Crippen molar-refractivity contribution in [2.24, 2.45) is 5.41 Å². The van der Waals surface area contributed by atoms with E-state index in [0.717, 1.165) is 18.8 Å². The third-order valence-corrected chi connectivity index (χ3v) is 5.14. The lowest BCUT2D eigenvalue weighted by atomic mass is 9.77. The van der Waals surface area contributed by atoms with E-state index in [1.165, 1.54) is 50.7 Å². The van der Waals surface area contributed by atoms with Crippen LogP contribution >= 0.6 is 0 Å². The van der Waals surface area contributed by atoms with Gasteiger partial charge < -0.3 is 4.90 Å². The molecule has 0 atom stereocenters. The summed E-state index contributed by atoms with van der Waals surface area (Å²) in [7, 11) is 0. The van der Waals surface area contributed by atoms with Gasteiger partial charge in [-0.3, -0.25) is 10.1 Å². The van der Waals surface area contributed by atoms with Crippen LogP contribution in [0, 0.1) is 26.9 Å². The Kier molecular flexibility index (Phi) is 3.54. The van der Waals surface area contributed by atoms with Crippen molar-refractivity contribution in [3.05, 3.63) is 33.9 Å². The molecule has 2 fully saturated rings. The molecule has 0 N–H and O–H groups in total. The zero-order chi connectivity index (χ0) is 14.9. The third kappa shape index (κ3) is 2.58. The van der Waals surface area contributed by atoms with Crippen molar-refractivity contribution < 1.29 is 4.92 Å². The van der Waals surface area contributed by atoms with Crippen molar-refractivity contribution >= 4 is 11.4 Å². The summed E-state index contributed by atoms with van der Waals surface area (Å²) in [6.07, 6.45) is 7.73. The zero-order valence-corrected chi connectivity index (χ0v) is 12.0. The van der Waals surface area contributed by atoms with E-state index in [1.54, 1.807) is 6.07 Å². The Morgan fingerprint density at radius 1 is 1.19 bits per heavy atom. The highest BCUT2D eigenvalue weighted by atomic mass is 16.6. The summed E-state index contributed by atoms with van der Waals surface area (Å²) in [5, 5.41) is 20.1. The second kappa shape index (κ2) is 5.36. The van der Waals surface area contributed by atoms with Gasteiger partial charge in [0, 0.05) is 25.2 Å². The number of non-ortho nitro benzene ring substituents is 1. The van der Waals surface area contributed by atoms with Gasteiger partial charge in [0.15, 0.2) is 0 Å². The molecule has 1 aliphatic heterocycles. The minimum Gasteiger partial charge on any atom is -0.370 e. The van der Waals surface area contributed by atoms with Gasteiger partial charge in [-0.05, 0) is 37.2 Å². The molecule has 1 aliphatic carbocycles. The first-order chi connectivity index (χ1) is 10.1. The number of nitrogens with zero attached hydrogens (tertiary/aromatic N) is 3. The average molecular weight is 285 g/mol. The predicted molar refractivity (Wildman–Crippen MR) is 80.2 cm³/mol. The molecule has 1 saturated carbocycles. The summed E-state index contributed by atoms with van der Waals surface area (Å²) in [4.78, 5) is 12.6. The Balaban J connectivity index is 1.79. The second-order valence-corrected chi connectivity index (χ2v) is 6.26. The van der Waals surface area contributed by atoms with E-state index in [2.05, 4.69) is 11.0 Å². The molecule has 0 radical (unpaired) electrons. The number of hydrogen-bond donors (Lipinski definition) is 0. The average Bonchev–Trinajstić information content (AvgIpc) is 2.95. The van der Waals surface area contributed by atoms with Crippen LogP contribution in [0.5, 0.6) is 0 Å². The number of anilines is 1. The maximum atomic E-state index is 10.8. The summed E-state index contributed by atoms with van der Waals surface area (Å²) >= 11 is 0. The van der Waals surface area contributed by atoms with Crippen LogP contribution in [-0.2, 0) is 0 Å². The van der Waals surface area contributed by atoms with Crippen molar-refractivity contribution in [2.75, 3.05) is 18.0 Å². The Labute approximate surface area is 124 Å². The normalized spacial score (nSPS) is 20.4. The van der Waals surface area contributed by atoms with Crippen molar-refractivity contribution in [3.8, 4) is 6.07 Å². The highest BCUT2D eigenvalue weighted by Crippen LogP contribution is 2.46. The molecular formula is C16H19N3O2. The topological polar surface area (TPSA) is 70.2 Å². The highest BCUT2D eigenvalue weighted by Gasteiger charge is 2.37. The molecular weight excluding hydrogens is 266 g/mol. The number of rotatable bonds is 2. The molecule has 1 heterocycles. The Morgan fingerprint density at radius 2 is 1.86 bits per heavy atom. The van der Waals surface area contributed by atoms with Crippen molar-refractivity contribution in [1.82, 2.24) is 0 Å². The van der Waals surface area contributed by atoms with Crippen LogP contribution < -0.4 is 4.90 Å². The van der Waals surface area contributed by atoms with Crippen LogP contribution in [0.2, 0.25) is 0 Å². The summed E-state index contributed by atoms with van der Waals surface area (Å²) in [5.41, 5.74) is 1.77. The molecule has 21 heavy (non-hydrogen) atoms.